The monoisotopic (exact) mass is 393 g/mol. The molecule has 0 aromatic heterocycles. The van der Waals surface area contributed by atoms with Crippen molar-refractivity contribution in [3.63, 3.8) is 0 Å². The SMILES string of the molecule is CC(=O)N1N=C(c2ccc([N+](=O)[O-])cc2)c2cc3c(cc2C=C1C)OCCOC3. The van der Waals surface area contributed by atoms with Crippen LogP contribution < -0.4 is 4.74 Å². The number of rotatable bonds is 2. The second kappa shape index (κ2) is 7.48. The minimum absolute atomic E-state index is 0.00958. The van der Waals surface area contributed by atoms with Crippen LogP contribution >= 0.6 is 0 Å². The van der Waals surface area contributed by atoms with Gasteiger partial charge in [0.25, 0.3) is 5.69 Å². The van der Waals surface area contributed by atoms with Gasteiger partial charge in [0.2, 0.25) is 5.91 Å². The first kappa shape index (κ1) is 18.8. The van der Waals surface area contributed by atoms with E-state index in [-0.39, 0.29) is 11.6 Å². The van der Waals surface area contributed by atoms with Crippen LogP contribution in [0.5, 0.6) is 5.75 Å². The van der Waals surface area contributed by atoms with Gasteiger partial charge in [0.15, 0.2) is 0 Å². The molecule has 29 heavy (non-hydrogen) atoms. The van der Waals surface area contributed by atoms with Crippen molar-refractivity contribution in [2.75, 3.05) is 13.2 Å². The van der Waals surface area contributed by atoms with Gasteiger partial charge in [0.05, 0.1) is 23.8 Å². The molecular weight excluding hydrogens is 374 g/mol. The molecule has 0 unspecified atom stereocenters. The quantitative estimate of drug-likeness (QED) is 0.575. The van der Waals surface area contributed by atoms with Crippen LogP contribution in [0.25, 0.3) is 6.08 Å². The Morgan fingerprint density at radius 2 is 1.97 bits per heavy atom. The number of hydrogen-bond donors (Lipinski definition) is 0. The zero-order valence-electron chi connectivity index (χ0n) is 16.0. The van der Waals surface area contributed by atoms with Gasteiger partial charge in [0, 0.05) is 41.4 Å². The average Bonchev–Trinajstić information content (AvgIpc) is 3.00. The third kappa shape index (κ3) is 3.62. The average molecular weight is 393 g/mol. The van der Waals surface area contributed by atoms with Crippen LogP contribution in [0.2, 0.25) is 0 Å². The Balaban J connectivity index is 1.91. The molecule has 2 aliphatic rings. The molecule has 4 rings (SSSR count). The van der Waals surface area contributed by atoms with E-state index in [2.05, 4.69) is 5.10 Å². The maximum Gasteiger partial charge on any atom is 0.269 e. The molecule has 0 N–H and O–H groups in total. The fourth-order valence-electron chi connectivity index (χ4n) is 3.40. The molecule has 2 aromatic carbocycles. The van der Waals surface area contributed by atoms with Gasteiger partial charge in [-0.25, -0.2) is 5.01 Å². The lowest BCUT2D eigenvalue weighted by molar-refractivity contribution is -0.384. The molecule has 0 radical (unpaired) electrons. The van der Waals surface area contributed by atoms with Gasteiger partial charge in [-0.2, -0.15) is 5.10 Å². The number of amides is 1. The third-order valence-corrected chi connectivity index (χ3v) is 4.78. The van der Waals surface area contributed by atoms with E-state index in [0.717, 1.165) is 22.4 Å². The highest BCUT2D eigenvalue weighted by atomic mass is 16.6. The number of nitro benzene ring substituents is 1. The number of fused-ring (bicyclic) bond motifs is 2. The molecule has 0 bridgehead atoms. The van der Waals surface area contributed by atoms with Gasteiger partial charge in [0.1, 0.15) is 12.4 Å². The fourth-order valence-corrected chi connectivity index (χ4v) is 3.40. The second-order valence-corrected chi connectivity index (χ2v) is 6.82. The van der Waals surface area contributed by atoms with Gasteiger partial charge < -0.3 is 9.47 Å². The van der Waals surface area contributed by atoms with Crippen LogP contribution in [-0.4, -0.2) is 34.8 Å². The van der Waals surface area contributed by atoms with Gasteiger partial charge in [-0.1, -0.05) is 0 Å². The van der Waals surface area contributed by atoms with Crippen molar-refractivity contribution in [3.8, 4) is 5.75 Å². The van der Waals surface area contributed by atoms with Crippen LogP contribution in [0.3, 0.4) is 0 Å². The van der Waals surface area contributed by atoms with E-state index in [1.165, 1.54) is 24.1 Å². The summed E-state index contributed by atoms with van der Waals surface area (Å²) < 4.78 is 11.4. The summed E-state index contributed by atoms with van der Waals surface area (Å²) in [6, 6.07) is 10.0. The van der Waals surface area contributed by atoms with Crippen LogP contribution in [0.15, 0.2) is 47.2 Å². The molecule has 2 aromatic rings. The van der Waals surface area contributed by atoms with Gasteiger partial charge in [-0.15, -0.1) is 0 Å². The van der Waals surface area contributed by atoms with Gasteiger partial charge >= 0.3 is 0 Å². The van der Waals surface area contributed by atoms with E-state index >= 15 is 0 Å². The smallest absolute Gasteiger partial charge is 0.269 e. The number of hydrogen-bond acceptors (Lipinski definition) is 6. The normalized spacial score (nSPS) is 15.7. The number of benzene rings is 2. The lowest BCUT2D eigenvalue weighted by Gasteiger charge is -2.16. The van der Waals surface area contributed by atoms with Crippen LogP contribution in [0.4, 0.5) is 5.69 Å². The Morgan fingerprint density at radius 1 is 1.21 bits per heavy atom. The minimum atomic E-state index is -0.450. The first-order valence-corrected chi connectivity index (χ1v) is 9.14. The molecule has 8 nitrogen and oxygen atoms in total. The number of carbonyl (C=O) groups excluding carboxylic acids is 1. The molecular formula is C21H19N3O5. The third-order valence-electron chi connectivity index (χ3n) is 4.78. The van der Waals surface area contributed by atoms with Crippen LogP contribution in [-0.2, 0) is 16.1 Å². The molecule has 1 amide bonds. The molecule has 0 fully saturated rings. The number of allylic oxidation sites excluding steroid dienone is 1. The zero-order chi connectivity index (χ0) is 20.5. The number of non-ortho nitro benzene ring substituents is 1. The predicted octanol–water partition coefficient (Wildman–Crippen LogP) is 3.48. The summed E-state index contributed by atoms with van der Waals surface area (Å²) in [5.41, 5.74) is 4.41. The topological polar surface area (TPSA) is 94.3 Å². The molecule has 2 aliphatic heterocycles. The van der Waals surface area contributed by atoms with Crippen molar-refractivity contribution >= 4 is 23.4 Å². The maximum atomic E-state index is 12.2. The lowest BCUT2D eigenvalue weighted by Crippen LogP contribution is -2.22. The summed E-state index contributed by atoms with van der Waals surface area (Å²) in [6.07, 6.45) is 1.88. The summed E-state index contributed by atoms with van der Waals surface area (Å²) in [7, 11) is 0. The highest BCUT2D eigenvalue weighted by molar-refractivity contribution is 6.15. The lowest BCUT2D eigenvalue weighted by atomic mass is 9.94. The first-order valence-electron chi connectivity index (χ1n) is 9.14. The molecule has 0 saturated heterocycles. The van der Waals surface area contributed by atoms with Crippen LogP contribution in [0.1, 0.15) is 36.1 Å². The second-order valence-electron chi connectivity index (χ2n) is 6.82. The van der Waals surface area contributed by atoms with Crippen molar-refractivity contribution in [2.45, 2.75) is 20.5 Å². The van der Waals surface area contributed by atoms with Crippen molar-refractivity contribution in [3.05, 3.63) is 74.5 Å². The van der Waals surface area contributed by atoms with Crippen molar-refractivity contribution < 1.29 is 19.2 Å². The Kier molecular flexibility index (Phi) is 4.85. The standard InChI is InChI=1S/C21H19N3O5/c1-13-9-16-11-20-17(12-28-7-8-29-20)10-19(16)21(22-23(13)14(2)25)15-3-5-18(6-4-15)24(26)27/h3-6,9-11H,7-8,12H2,1-2H3. The number of hydrazone groups is 1. The Morgan fingerprint density at radius 3 is 2.66 bits per heavy atom. The van der Waals surface area contributed by atoms with Gasteiger partial charge in [-0.05, 0) is 42.8 Å². The highest BCUT2D eigenvalue weighted by Gasteiger charge is 2.23. The molecule has 0 atom stereocenters. The van der Waals surface area contributed by atoms with E-state index < -0.39 is 4.92 Å². The summed E-state index contributed by atoms with van der Waals surface area (Å²) in [5.74, 6) is 0.511. The highest BCUT2D eigenvalue weighted by Crippen LogP contribution is 2.32. The van der Waals surface area contributed by atoms with Gasteiger partial charge in [-0.3, -0.25) is 14.9 Å². The summed E-state index contributed by atoms with van der Waals surface area (Å²) in [5, 5.41) is 16.9. The van der Waals surface area contributed by atoms with Crippen molar-refractivity contribution in [2.24, 2.45) is 5.10 Å². The number of ether oxygens (including phenoxy) is 2. The number of nitro groups is 1. The van der Waals surface area contributed by atoms with Crippen molar-refractivity contribution in [1.82, 2.24) is 5.01 Å². The van der Waals surface area contributed by atoms with E-state index in [1.807, 2.05) is 25.1 Å². The predicted molar refractivity (Wildman–Crippen MR) is 106 cm³/mol. The summed E-state index contributed by atoms with van der Waals surface area (Å²) >= 11 is 0. The first-order chi connectivity index (χ1) is 13.9. The minimum Gasteiger partial charge on any atom is -0.491 e. The molecule has 8 heteroatoms. The summed E-state index contributed by atoms with van der Waals surface area (Å²) in [4.78, 5) is 22.7. The van der Waals surface area contributed by atoms with E-state index in [1.54, 1.807) is 12.1 Å². The maximum absolute atomic E-state index is 12.2. The Labute approximate surface area is 167 Å². The molecule has 0 spiro atoms. The molecule has 2 heterocycles. The fraction of sp³-hybridized carbons (Fsp3) is 0.238. The molecule has 148 valence electrons. The van der Waals surface area contributed by atoms with Crippen LogP contribution in [0, 0.1) is 10.1 Å². The Hall–Kier alpha value is -3.52. The van der Waals surface area contributed by atoms with E-state index in [4.69, 9.17) is 9.47 Å². The molecule has 0 aliphatic carbocycles. The number of carbonyl (C=O) groups is 1. The van der Waals surface area contributed by atoms with E-state index in [0.29, 0.717) is 36.8 Å². The number of nitrogens with zero attached hydrogens (tertiary/aromatic N) is 3. The Bertz CT molecular complexity index is 1060. The largest absolute Gasteiger partial charge is 0.491 e. The van der Waals surface area contributed by atoms with E-state index in [9.17, 15) is 14.9 Å². The summed E-state index contributed by atoms with van der Waals surface area (Å²) in [6.45, 7) is 4.64. The zero-order valence-corrected chi connectivity index (χ0v) is 16.0. The van der Waals surface area contributed by atoms with Crippen molar-refractivity contribution in [1.29, 1.82) is 0 Å². The molecule has 0 saturated carbocycles.